The maximum Gasteiger partial charge on any atom is 0.0810 e. The summed E-state index contributed by atoms with van der Waals surface area (Å²) < 4.78 is 5.01. The van der Waals surface area contributed by atoms with Crippen LogP contribution in [0.5, 0.6) is 0 Å². The Hall–Kier alpha value is -0.0800. The summed E-state index contributed by atoms with van der Waals surface area (Å²) in [6, 6.07) is 0. The molecule has 0 bridgehead atoms. The predicted molar refractivity (Wildman–Crippen MR) is 37.4 cm³/mol. The smallest absolute Gasteiger partial charge is 0.0810 e. The van der Waals surface area contributed by atoms with Crippen molar-refractivity contribution in [2.24, 2.45) is 0 Å². The van der Waals surface area contributed by atoms with E-state index in [0.717, 1.165) is 13.7 Å². The Kier molecular flexibility index (Phi) is 5.99. The first-order valence-corrected chi connectivity index (χ1v) is 3.50. The fourth-order valence-corrected chi connectivity index (χ4v) is 0.667. The third-order valence-corrected chi connectivity index (χ3v) is 1.28. The van der Waals surface area contributed by atoms with Crippen LogP contribution >= 0.6 is 0 Å². The van der Waals surface area contributed by atoms with E-state index < -0.39 is 0 Å². The normalized spacial score (nSPS) is 22.3. The summed E-state index contributed by atoms with van der Waals surface area (Å²) in [4.78, 5) is 0. The molecule has 1 atom stereocenters. The van der Waals surface area contributed by atoms with Crippen molar-refractivity contribution in [1.29, 1.82) is 0 Å². The van der Waals surface area contributed by atoms with Crippen molar-refractivity contribution < 1.29 is 9.84 Å². The SMILES string of the molecule is CCCCC1CO1.CO. The summed E-state index contributed by atoms with van der Waals surface area (Å²) in [5.74, 6) is 0. The molecule has 0 spiro atoms. The van der Waals surface area contributed by atoms with Crippen molar-refractivity contribution in [3.05, 3.63) is 0 Å². The molecular weight excluding hydrogens is 116 g/mol. The molecule has 1 N–H and O–H groups in total. The minimum Gasteiger partial charge on any atom is -0.400 e. The summed E-state index contributed by atoms with van der Waals surface area (Å²) in [5, 5.41) is 7.00. The van der Waals surface area contributed by atoms with Crippen molar-refractivity contribution in [3.8, 4) is 0 Å². The lowest BCUT2D eigenvalue weighted by molar-refractivity contribution is 0.391. The van der Waals surface area contributed by atoms with Gasteiger partial charge < -0.3 is 9.84 Å². The van der Waals surface area contributed by atoms with Gasteiger partial charge in [0.2, 0.25) is 0 Å². The van der Waals surface area contributed by atoms with E-state index in [4.69, 9.17) is 9.84 Å². The number of rotatable bonds is 3. The average molecular weight is 132 g/mol. The maximum atomic E-state index is 7.00. The van der Waals surface area contributed by atoms with Gasteiger partial charge in [-0.3, -0.25) is 0 Å². The van der Waals surface area contributed by atoms with E-state index in [2.05, 4.69) is 6.92 Å². The molecular formula is C7H16O2. The minimum atomic E-state index is 0.653. The van der Waals surface area contributed by atoms with Gasteiger partial charge in [0, 0.05) is 7.11 Å². The standard InChI is InChI=1S/C6H12O.CH4O/c1-2-3-4-6-5-7-6;1-2/h6H,2-5H2,1H3;2H,1H3. The number of hydrogen-bond donors (Lipinski definition) is 1. The molecule has 2 nitrogen and oxygen atoms in total. The van der Waals surface area contributed by atoms with Gasteiger partial charge in [0.05, 0.1) is 12.7 Å². The topological polar surface area (TPSA) is 32.8 Å². The Labute approximate surface area is 56.8 Å². The Balaban J connectivity index is 0.000000291. The summed E-state index contributed by atoms with van der Waals surface area (Å²) in [6.07, 6.45) is 4.58. The number of hydrogen-bond acceptors (Lipinski definition) is 2. The highest BCUT2D eigenvalue weighted by Crippen LogP contribution is 2.15. The van der Waals surface area contributed by atoms with Crippen molar-refractivity contribution in [3.63, 3.8) is 0 Å². The summed E-state index contributed by atoms with van der Waals surface area (Å²) in [6.45, 7) is 3.24. The summed E-state index contributed by atoms with van der Waals surface area (Å²) in [7, 11) is 1.00. The van der Waals surface area contributed by atoms with E-state index in [1.54, 1.807) is 0 Å². The fourth-order valence-electron chi connectivity index (χ4n) is 0.667. The first-order chi connectivity index (χ1) is 4.43. The van der Waals surface area contributed by atoms with E-state index in [1.807, 2.05) is 0 Å². The molecule has 1 saturated heterocycles. The van der Waals surface area contributed by atoms with E-state index in [-0.39, 0.29) is 0 Å². The molecule has 0 saturated carbocycles. The molecule has 0 aromatic carbocycles. The number of ether oxygens (including phenoxy) is 1. The van der Waals surface area contributed by atoms with Gasteiger partial charge in [0.1, 0.15) is 0 Å². The zero-order chi connectivity index (χ0) is 7.11. The molecule has 9 heavy (non-hydrogen) atoms. The van der Waals surface area contributed by atoms with Crippen molar-refractivity contribution in [2.45, 2.75) is 32.3 Å². The molecule has 1 unspecified atom stereocenters. The van der Waals surface area contributed by atoms with Crippen LogP contribution in [0, 0.1) is 0 Å². The molecule has 1 aliphatic rings. The lowest BCUT2D eigenvalue weighted by Crippen LogP contribution is -1.81. The molecule has 1 rings (SSSR count). The van der Waals surface area contributed by atoms with Crippen molar-refractivity contribution in [1.82, 2.24) is 0 Å². The maximum absolute atomic E-state index is 7.00. The van der Waals surface area contributed by atoms with Crippen LogP contribution < -0.4 is 0 Å². The Morgan fingerprint density at radius 1 is 1.56 bits per heavy atom. The molecule has 0 radical (unpaired) electrons. The van der Waals surface area contributed by atoms with E-state index in [1.165, 1.54) is 19.3 Å². The van der Waals surface area contributed by atoms with Crippen LogP contribution in [-0.2, 0) is 4.74 Å². The monoisotopic (exact) mass is 132 g/mol. The van der Waals surface area contributed by atoms with Gasteiger partial charge in [-0.1, -0.05) is 19.8 Å². The van der Waals surface area contributed by atoms with E-state index >= 15 is 0 Å². The number of aliphatic hydroxyl groups excluding tert-OH is 1. The lowest BCUT2D eigenvalue weighted by atomic mass is 10.2. The summed E-state index contributed by atoms with van der Waals surface area (Å²) in [5.41, 5.74) is 0. The number of aliphatic hydroxyl groups is 1. The van der Waals surface area contributed by atoms with Crippen molar-refractivity contribution >= 4 is 0 Å². The third-order valence-electron chi connectivity index (χ3n) is 1.28. The Bertz CT molecular complexity index is 50.9. The van der Waals surface area contributed by atoms with Gasteiger partial charge in [0.25, 0.3) is 0 Å². The second-order valence-electron chi connectivity index (χ2n) is 2.10. The van der Waals surface area contributed by atoms with Gasteiger partial charge in [-0.25, -0.2) is 0 Å². The molecule has 1 aliphatic heterocycles. The lowest BCUT2D eigenvalue weighted by Gasteiger charge is -1.86. The number of unbranched alkanes of at least 4 members (excludes halogenated alkanes) is 1. The van der Waals surface area contributed by atoms with Crippen LogP contribution in [-0.4, -0.2) is 24.9 Å². The molecule has 1 fully saturated rings. The van der Waals surface area contributed by atoms with E-state index in [9.17, 15) is 0 Å². The van der Waals surface area contributed by atoms with Crippen LogP contribution in [0.4, 0.5) is 0 Å². The highest BCUT2D eigenvalue weighted by atomic mass is 16.6. The average Bonchev–Trinajstić information content (AvgIpc) is 2.71. The van der Waals surface area contributed by atoms with Crippen LogP contribution in [0.15, 0.2) is 0 Å². The molecule has 2 heteroatoms. The quantitative estimate of drug-likeness (QED) is 0.585. The fraction of sp³-hybridized carbons (Fsp3) is 1.00. The summed E-state index contributed by atoms with van der Waals surface area (Å²) >= 11 is 0. The Morgan fingerprint density at radius 2 is 2.11 bits per heavy atom. The first-order valence-electron chi connectivity index (χ1n) is 3.50. The second kappa shape index (κ2) is 6.05. The van der Waals surface area contributed by atoms with Crippen LogP contribution in [0.2, 0.25) is 0 Å². The highest BCUT2D eigenvalue weighted by Gasteiger charge is 2.20. The molecule has 0 aromatic heterocycles. The predicted octanol–water partition coefficient (Wildman–Crippen LogP) is 1.18. The van der Waals surface area contributed by atoms with Gasteiger partial charge >= 0.3 is 0 Å². The molecule has 56 valence electrons. The van der Waals surface area contributed by atoms with Crippen LogP contribution in [0.3, 0.4) is 0 Å². The second-order valence-corrected chi connectivity index (χ2v) is 2.10. The zero-order valence-electron chi connectivity index (χ0n) is 6.26. The zero-order valence-corrected chi connectivity index (χ0v) is 6.26. The van der Waals surface area contributed by atoms with Gasteiger partial charge in [-0.05, 0) is 6.42 Å². The number of epoxide rings is 1. The molecule has 0 aromatic rings. The van der Waals surface area contributed by atoms with Crippen molar-refractivity contribution in [2.75, 3.05) is 13.7 Å². The minimum absolute atomic E-state index is 0.653. The van der Waals surface area contributed by atoms with Crippen LogP contribution in [0.1, 0.15) is 26.2 Å². The first kappa shape index (κ1) is 8.92. The third kappa shape index (κ3) is 5.80. The van der Waals surface area contributed by atoms with Gasteiger partial charge in [-0.15, -0.1) is 0 Å². The molecule has 0 aliphatic carbocycles. The Morgan fingerprint density at radius 3 is 2.44 bits per heavy atom. The molecule has 0 amide bonds. The molecule has 1 heterocycles. The highest BCUT2D eigenvalue weighted by molar-refractivity contribution is 4.67. The van der Waals surface area contributed by atoms with Crippen LogP contribution in [0.25, 0.3) is 0 Å². The van der Waals surface area contributed by atoms with Gasteiger partial charge in [0.15, 0.2) is 0 Å². The van der Waals surface area contributed by atoms with Gasteiger partial charge in [-0.2, -0.15) is 0 Å². The van der Waals surface area contributed by atoms with E-state index in [0.29, 0.717) is 6.10 Å². The largest absolute Gasteiger partial charge is 0.400 e.